The maximum Gasteiger partial charge on any atom is 0.291 e. The van der Waals surface area contributed by atoms with Crippen LogP contribution in [0.4, 0.5) is 0 Å². The molecule has 3 aromatic rings. The molecule has 0 bridgehead atoms. The van der Waals surface area contributed by atoms with Crippen LogP contribution in [-0.4, -0.2) is 4.98 Å². The van der Waals surface area contributed by atoms with Crippen LogP contribution in [0.5, 0.6) is 11.5 Å². The van der Waals surface area contributed by atoms with Gasteiger partial charge in [-0.1, -0.05) is 36.4 Å². The molecule has 1 aromatic heterocycles. The zero-order chi connectivity index (χ0) is 12.4. The summed E-state index contributed by atoms with van der Waals surface area (Å²) < 4.78 is 5.57. The lowest BCUT2D eigenvalue weighted by Crippen LogP contribution is -2.08. The van der Waals surface area contributed by atoms with Gasteiger partial charge in [0.05, 0.1) is 0 Å². The van der Waals surface area contributed by atoms with Crippen molar-refractivity contribution < 1.29 is 4.74 Å². The molecular weight excluding hydrogens is 226 g/mol. The van der Waals surface area contributed by atoms with Crippen molar-refractivity contribution in [3.63, 3.8) is 0 Å². The molecule has 0 radical (unpaired) electrons. The molecule has 0 atom stereocenters. The molecule has 2 aromatic carbocycles. The molecule has 0 aliphatic rings. The van der Waals surface area contributed by atoms with Crippen molar-refractivity contribution in [3.8, 4) is 11.5 Å². The number of nitrogens with one attached hydrogen (secondary N) is 1. The third-order valence-corrected chi connectivity index (χ3v) is 2.69. The number of benzene rings is 2. The summed E-state index contributed by atoms with van der Waals surface area (Å²) in [6.45, 7) is 0. The second-order valence-electron chi connectivity index (χ2n) is 3.97. The van der Waals surface area contributed by atoms with Gasteiger partial charge in [0.25, 0.3) is 5.56 Å². The van der Waals surface area contributed by atoms with Crippen LogP contribution in [-0.2, 0) is 0 Å². The van der Waals surface area contributed by atoms with E-state index >= 15 is 0 Å². The van der Waals surface area contributed by atoms with Gasteiger partial charge in [-0.3, -0.25) is 4.79 Å². The number of aromatic amines is 1. The largest absolute Gasteiger partial charge is 0.452 e. The molecule has 1 heterocycles. The number of H-pyrrole nitrogens is 1. The fourth-order valence-corrected chi connectivity index (χ4v) is 1.82. The Morgan fingerprint density at radius 2 is 1.61 bits per heavy atom. The van der Waals surface area contributed by atoms with E-state index in [4.69, 9.17) is 4.74 Å². The number of rotatable bonds is 2. The number of aromatic nitrogens is 1. The molecule has 3 nitrogen and oxygen atoms in total. The minimum absolute atomic E-state index is 0.224. The molecule has 0 amide bonds. The van der Waals surface area contributed by atoms with Gasteiger partial charge in [-0.25, -0.2) is 0 Å². The molecule has 3 heteroatoms. The Balaban J connectivity index is 2.07. The average molecular weight is 237 g/mol. The molecule has 1 N–H and O–H groups in total. The van der Waals surface area contributed by atoms with Gasteiger partial charge in [0.15, 0.2) is 5.75 Å². The van der Waals surface area contributed by atoms with E-state index in [2.05, 4.69) is 4.98 Å². The minimum atomic E-state index is -0.224. The summed E-state index contributed by atoms with van der Waals surface area (Å²) >= 11 is 0. The highest BCUT2D eigenvalue weighted by Gasteiger charge is 2.04. The number of para-hydroxylation sites is 2. The smallest absolute Gasteiger partial charge is 0.291 e. The van der Waals surface area contributed by atoms with Gasteiger partial charge in [0, 0.05) is 10.9 Å². The maximum atomic E-state index is 11.9. The first-order valence-electron chi connectivity index (χ1n) is 5.68. The Morgan fingerprint density at radius 1 is 0.889 bits per heavy atom. The molecular formula is C15H11NO2. The van der Waals surface area contributed by atoms with E-state index in [9.17, 15) is 4.79 Å². The van der Waals surface area contributed by atoms with Gasteiger partial charge in [-0.2, -0.15) is 0 Å². The van der Waals surface area contributed by atoms with Gasteiger partial charge in [0.2, 0.25) is 0 Å². The molecule has 18 heavy (non-hydrogen) atoms. The minimum Gasteiger partial charge on any atom is -0.452 e. The van der Waals surface area contributed by atoms with Gasteiger partial charge >= 0.3 is 0 Å². The van der Waals surface area contributed by atoms with E-state index in [1.807, 2.05) is 54.6 Å². The lowest BCUT2D eigenvalue weighted by molar-refractivity contribution is 0.476. The van der Waals surface area contributed by atoms with Gasteiger partial charge in [-0.15, -0.1) is 0 Å². The lowest BCUT2D eigenvalue weighted by Gasteiger charge is -2.05. The normalized spacial score (nSPS) is 10.4. The van der Waals surface area contributed by atoms with Crippen molar-refractivity contribution in [2.24, 2.45) is 0 Å². The Kier molecular flexibility index (Phi) is 2.57. The molecule has 0 aliphatic heterocycles. The van der Waals surface area contributed by atoms with Crippen LogP contribution in [0.15, 0.2) is 65.5 Å². The summed E-state index contributed by atoms with van der Waals surface area (Å²) in [5.41, 5.74) is 0.584. The fourth-order valence-electron chi connectivity index (χ4n) is 1.82. The van der Waals surface area contributed by atoms with Gasteiger partial charge in [-0.05, 0) is 24.3 Å². The van der Waals surface area contributed by atoms with Crippen LogP contribution >= 0.6 is 0 Å². The zero-order valence-corrected chi connectivity index (χ0v) is 9.59. The number of ether oxygens (including phenoxy) is 1. The first kappa shape index (κ1) is 10.6. The molecule has 0 saturated carbocycles. The summed E-state index contributed by atoms with van der Waals surface area (Å²) in [4.78, 5) is 14.7. The standard InChI is InChI=1S/C15H11NO2/c17-15-14(18-12-7-2-1-3-8-12)10-11-6-4-5-9-13(11)16-15/h1-10H,(H,16,17). The van der Waals surface area contributed by atoms with Crippen LogP contribution in [0, 0.1) is 0 Å². The summed E-state index contributed by atoms with van der Waals surface area (Å²) in [5.74, 6) is 0.957. The molecule has 0 fully saturated rings. The van der Waals surface area contributed by atoms with Crippen molar-refractivity contribution in [2.75, 3.05) is 0 Å². The molecule has 0 spiro atoms. The average Bonchev–Trinajstić information content (AvgIpc) is 2.41. The monoisotopic (exact) mass is 237 g/mol. The Bertz CT molecular complexity index is 732. The van der Waals surface area contributed by atoms with Crippen molar-refractivity contribution in [2.45, 2.75) is 0 Å². The molecule has 0 saturated heterocycles. The van der Waals surface area contributed by atoms with E-state index in [1.54, 1.807) is 6.07 Å². The third-order valence-electron chi connectivity index (χ3n) is 2.69. The Hall–Kier alpha value is -2.55. The van der Waals surface area contributed by atoms with Crippen LogP contribution in [0.2, 0.25) is 0 Å². The zero-order valence-electron chi connectivity index (χ0n) is 9.59. The van der Waals surface area contributed by atoms with Crippen molar-refractivity contribution >= 4 is 10.9 Å². The number of hydrogen-bond acceptors (Lipinski definition) is 2. The van der Waals surface area contributed by atoms with Gasteiger partial charge in [0.1, 0.15) is 5.75 Å². The first-order chi connectivity index (χ1) is 8.83. The van der Waals surface area contributed by atoms with Crippen LogP contribution in [0.25, 0.3) is 10.9 Å². The predicted molar refractivity (Wildman–Crippen MR) is 71.1 cm³/mol. The van der Waals surface area contributed by atoms with Crippen molar-refractivity contribution in [1.82, 2.24) is 4.98 Å². The fraction of sp³-hybridized carbons (Fsp3) is 0. The van der Waals surface area contributed by atoms with Crippen LogP contribution < -0.4 is 10.3 Å². The quantitative estimate of drug-likeness (QED) is 0.742. The van der Waals surface area contributed by atoms with E-state index in [0.29, 0.717) is 11.5 Å². The number of hydrogen-bond donors (Lipinski definition) is 1. The number of pyridine rings is 1. The lowest BCUT2D eigenvalue weighted by atomic mass is 10.2. The Labute approximate surface area is 104 Å². The SMILES string of the molecule is O=c1[nH]c2ccccc2cc1Oc1ccccc1. The van der Waals surface area contributed by atoms with E-state index in [1.165, 1.54) is 0 Å². The molecule has 0 aliphatic carbocycles. The highest BCUT2D eigenvalue weighted by molar-refractivity contribution is 5.79. The van der Waals surface area contributed by atoms with Gasteiger partial charge < -0.3 is 9.72 Å². The summed E-state index contributed by atoms with van der Waals surface area (Å²) in [7, 11) is 0. The topological polar surface area (TPSA) is 42.1 Å². The molecule has 3 rings (SSSR count). The molecule has 0 unspecified atom stereocenters. The highest BCUT2D eigenvalue weighted by Crippen LogP contribution is 2.20. The van der Waals surface area contributed by atoms with Crippen molar-refractivity contribution in [3.05, 3.63) is 71.0 Å². The second kappa shape index (κ2) is 4.37. The highest BCUT2D eigenvalue weighted by atomic mass is 16.5. The van der Waals surface area contributed by atoms with Crippen LogP contribution in [0.1, 0.15) is 0 Å². The second-order valence-corrected chi connectivity index (χ2v) is 3.97. The molecule has 88 valence electrons. The van der Waals surface area contributed by atoms with Crippen LogP contribution in [0.3, 0.4) is 0 Å². The van der Waals surface area contributed by atoms with E-state index < -0.39 is 0 Å². The maximum absolute atomic E-state index is 11.9. The summed E-state index contributed by atoms with van der Waals surface area (Å²) in [5, 5.41) is 0.947. The predicted octanol–water partition coefficient (Wildman–Crippen LogP) is 3.32. The third kappa shape index (κ3) is 1.98. The summed E-state index contributed by atoms with van der Waals surface area (Å²) in [6, 6.07) is 18.6. The van der Waals surface area contributed by atoms with E-state index in [-0.39, 0.29) is 5.56 Å². The first-order valence-corrected chi connectivity index (χ1v) is 5.68. The van der Waals surface area contributed by atoms with E-state index in [0.717, 1.165) is 10.9 Å². The number of fused-ring (bicyclic) bond motifs is 1. The van der Waals surface area contributed by atoms with Crippen molar-refractivity contribution in [1.29, 1.82) is 0 Å². The summed E-state index contributed by atoms with van der Waals surface area (Å²) in [6.07, 6.45) is 0. The Morgan fingerprint density at radius 3 is 2.44 bits per heavy atom.